The van der Waals surface area contributed by atoms with E-state index >= 15 is 0 Å². The summed E-state index contributed by atoms with van der Waals surface area (Å²) in [4.78, 5) is 12.4. The average Bonchev–Trinajstić information content (AvgIpc) is 3.13. The second-order valence-corrected chi connectivity index (χ2v) is 7.60. The van der Waals surface area contributed by atoms with E-state index in [0.717, 1.165) is 9.13 Å². The molecule has 3 rings (SSSR count). The summed E-state index contributed by atoms with van der Waals surface area (Å²) in [6.45, 7) is -0.158. The Morgan fingerprint density at radius 2 is 2.00 bits per heavy atom. The van der Waals surface area contributed by atoms with Crippen LogP contribution < -0.4 is 10.6 Å². The van der Waals surface area contributed by atoms with Gasteiger partial charge in [-0.05, 0) is 77.3 Å². The minimum Gasteiger partial charge on any atom is -0.459 e. The van der Waals surface area contributed by atoms with Gasteiger partial charge in [0.2, 0.25) is 0 Å². The first-order valence-electron chi connectivity index (χ1n) is 7.83. The Kier molecular flexibility index (Phi) is 6.48. The van der Waals surface area contributed by atoms with Crippen LogP contribution in [0.1, 0.15) is 16.1 Å². The number of hydrogen-bond donors (Lipinski definition) is 3. The quantitative estimate of drug-likeness (QED) is 0.345. The molecule has 0 unspecified atom stereocenters. The summed E-state index contributed by atoms with van der Waals surface area (Å²) in [6, 6.07) is 16.0. The van der Waals surface area contributed by atoms with Crippen LogP contribution in [0.3, 0.4) is 0 Å². The van der Waals surface area contributed by atoms with Crippen LogP contribution in [0.2, 0.25) is 5.02 Å². The van der Waals surface area contributed by atoms with E-state index < -0.39 is 0 Å². The Bertz CT molecular complexity index is 1010. The maximum Gasteiger partial charge on any atom is 0.258 e. The molecule has 0 bridgehead atoms. The molecule has 0 radical (unpaired) electrons. The van der Waals surface area contributed by atoms with Crippen LogP contribution in [-0.4, -0.2) is 16.1 Å². The fraction of sp³-hybridized carbons (Fsp3) is 0.0526. The fourth-order valence-electron chi connectivity index (χ4n) is 2.37. The van der Waals surface area contributed by atoms with Crippen LogP contribution in [0.25, 0.3) is 11.3 Å². The molecule has 0 aliphatic heterocycles. The Morgan fingerprint density at radius 1 is 1.19 bits per heavy atom. The number of hydrogen-bond acceptors (Lipinski definition) is 4. The predicted octanol–water partition coefficient (Wildman–Crippen LogP) is 4.82. The zero-order chi connectivity index (χ0) is 19.4. The average molecular weight is 513 g/mol. The van der Waals surface area contributed by atoms with Gasteiger partial charge in [0.05, 0.1) is 10.6 Å². The molecule has 138 valence electrons. The number of furan rings is 1. The monoisotopic (exact) mass is 512 g/mol. The summed E-state index contributed by atoms with van der Waals surface area (Å²) < 4.78 is 6.43. The van der Waals surface area contributed by atoms with Crippen molar-refractivity contribution in [3.05, 3.63) is 74.5 Å². The molecular weight excluding hydrogens is 499 g/mol. The SMILES string of the molecule is O=C(NC(=S)Nc1cccc(-c2ccc(CO)o2)c1)c1cc(I)ccc1Cl. The van der Waals surface area contributed by atoms with Gasteiger partial charge in [-0.15, -0.1) is 0 Å². The van der Waals surface area contributed by atoms with E-state index in [4.69, 9.17) is 33.3 Å². The second-order valence-electron chi connectivity index (χ2n) is 5.54. The highest BCUT2D eigenvalue weighted by Crippen LogP contribution is 2.25. The van der Waals surface area contributed by atoms with Crippen LogP contribution in [0.4, 0.5) is 5.69 Å². The minimum absolute atomic E-state index is 0.155. The summed E-state index contributed by atoms with van der Waals surface area (Å²) in [5.74, 6) is 0.731. The van der Waals surface area contributed by atoms with E-state index in [0.29, 0.717) is 27.8 Å². The molecular formula is C19H14ClIN2O3S. The Balaban J connectivity index is 1.70. The molecule has 5 nitrogen and oxygen atoms in total. The molecule has 3 aromatic rings. The summed E-state index contributed by atoms with van der Waals surface area (Å²) in [5, 5.41) is 15.2. The number of anilines is 1. The van der Waals surface area contributed by atoms with Crippen LogP contribution in [0.15, 0.2) is 59.0 Å². The van der Waals surface area contributed by atoms with Crippen molar-refractivity contribution < 1.29 is 14.3 Å². The van der Waals surface area contributed by atoms with Gasteiger partial charge in [-0.2, -0.15) is 0 Å². The highest BCUT2D eigenvalue weighted by atomic mass is 127. The molecule has 0 fully saturated rings. The van der Waals surface area contributed by atoms with Gasteiger partial charge in [0, 0.05) is 14.8 Å². The number of benzene rings is 2. The number of aliphatic hydroxyl groups excluding tert-OH is 1. The number of nitrogens with one attached hydrogen (secondary N) is 2. The summed E-state index contributed by atoms with van der Waals surface area (Å²) in [7, 11) is 0. The Hall–Kier alpha value is -1.94. The van der Waals surface area contributed by atoms with E-state index in [1.807, 2.05) is 30.3 Å². The third-order valence-corrected chi connectivity index (χ3v) is 4.83. The molecule has 27 heavy (non-hydrogen) atoms. The van der Waals surface area contributed by atoms with Crippen molar-refractivity contribution in [3.63, 3.8) is 0 Å². The van der Waals surface area contributed by atoms with Gasteiger partial charge in [-0.25, -0.2) is 0 Å². The summed E-state index contributed by atoms with van der Waals surface area (Å²) in [5.41, 5.74) is 1.86. The van der Waals surface area contributed by atoms with Crippen molar-refractivity contribution >= 4 is 63.1 Å². The molecule has 0 atom stereocenters. The van der Waals surface area contributed by atoms with E-state index in [2.05, 4.69) is 33.2 Å². The van der Waals surface area contributed by atoms with Gasteiger partial charge in [0.1, 0.15) is 18.1 Å². The highest BCUT2D eigenvalue weighted by Gasteiger charge is 2.13. The third-order valence-electron chi connectivity index (χ3n) is 3.62. The Labute approximate surface area is 179 Å². The number of carbonyl (C=O) groups excluding carboxylic acids is 1. The zero-order valence-electron chi connectivity index (χ0n) is 13.8. The van der Waals surface area contributed by atoms with Gasteiger partial charge in [0.15, 0.2) is 5.11 Å². The fourth-order valence-corrected chi connectivity index (χ4v) is 3.28. The van der Waals surface area contributed by atoms with Crippen molar-refractivity contribution in [2.45, 2.75) is 6.61 Å². The lowest BCUT2D eigenvalue weighted by atomic mass is 10.1. The predicted molar refractivity (Wildman–Crippen MR) is 118 cm³/mol. The number of rotatable bonds is 4. The van der Waals surface area contributed by atoms with E-state index in [-0.39, 0.29) is 17.6 Å². The normalized spacial score (nSPS) is 10.5. The highest BCUT2D eigenvalue weighted by molar-refractivity contribution is 14.1. The number of thiocarbonyl (C=S) groups is 1. The van der Waals surface area contributed by atoms with Gasteiger partial charge in [-0.1, -0.05) is 23.7 Å². The van der Waals surface area contributed by atoms with Crippen molar-refractivity contribution in [2.24, 2.45) is 0 Å². The maximum atomic E-state index is 12.4. The van der Waals surface area contributed by atoms with Gasteiger partial charge >= 0.3 is 0 Å². The lowest BCUT2D eigenvalue weighted by Crippen LogP contribution is -2.34. The van der Waals surface area contributed by atoms with Crippen molar-refractivity contribution in [1.29, 1.82) is 0 Å². The molecule has 0 spiro atoms. The van der Waals surface area contributed by atoms with Crippen LogP contribution in [-0.2, 0) is 6.61 Å². The first kappa shape index (κ1) is 19.8. The molecule has 1 aromatic heterocycles. The molecule has 1 amide bonds. The first-order chi connectivity index (χ1) is 13.0. The Morgan fingerprint density at radius 3 is 2.74 bits per heavy atom. The van der Waals surface area contributed by atoms with Crippen molar-refractivity contribution in [1.82, 2.24) is 5.32 Å². The second kappa shape index (κ2) is 8.83. The summed E-state index contributed by atoms with van der Waals surface area (Å²) >= 11 is 13.4. The van der Waals surface area contributed by atoms with Gasteiger partial charge in [-0.3, -0.25) is 10.1 Å². The molecule has 0 saturated carbocycles. The molecule has 1 heterocycles. The van der Waals surface area contributed by atoms with Crippen molar-refractivity contribution in [2.75, 3.05) is 5.32 Å². The molecule has 0 aliphatic rings. The zero-order valence-corrected chi connectivity index (χ0v) is 17.6. The van der Waals surface area contributed by atoms with E-state index in [9.17, 15) is 4.79 Å². The lowest BCUT2D eigenvalue weighted by Gasteiger charge is -2.11. The number of aliphatic hydroxyl groups is 1. The number of amides is 1. The molecule has 8 heteroatoms. The largest absolute Gasteiger partial charge is 0.459 e. The maximum absolute atomic E-state index is 12.4. The smallest absolute Gasteiger partial charge is 0.258 e. The molecule has 0 saturated heterocycles. The molecule has 0 aliphatic carbocycles. The lowest BCUT2D eigenvalue weighted by molar-refractivity contribution is 0.0978. The standard InChI is InChI=1S/C19H14ClIN2O3S/c20-16-6-4-12(21)9-15(16)18(25)23-19(27)22-13-3-1-2-11(8-13)17-7-5-14(10-24)26-17/h1-9,24H,10H2,(H2,22,23,25,27). The summed E-state index contributed by atoms with van der Waals surface area (Å²) in [6.07, 6.45) is 0. The van der Waals surface area contributed by atoms with E-state index in [1.165, 1.54) is 0 Å². The van der Waals surface area contributed by atoms with Gasteiger partial charge < -0.3 is 14.8 Å². The van der Waals surface area contributed by atoms with Crippen LogP contribution in [0.5, 0.6) is 0 Å². The minimum atomic E-state index is -0.384. The topological polar surface area (TPSA) is 74.5 Å². The molecule has 3 N–H and O–H groups in total. The van der Waals surface area contributed by atoms with Crippen LogP contribution >= 0.6 is 46.4 Å². The molecule has 2 aromatic carbocycles. The number of carbonyl (C=O) groups is 1. The third kappa shape index (κ3) is 5.07. The van der Waals surface area contributed by atoms with Crippen LogP contribution in [0, 0.1) is 3.57 Å². The first-order valence-corrected chi connectivity index (χ1v) is 9.70. The van der Waals surface area contributed by atoms with Gasteiger partial charge in [0.25, 0.3) is 5.91 Å². The van der Waals surface area contributed by atoms with Crippen molar-refractivity contribution in [3.8, 4) is 11.3 Å². The van der Waals surface area contributed by atoms with E-state index in [1.54, 1.807) is 24.3 Å². The number of halogens is 2.